The Morgan fingerprint density at radius 1 is 1.53 bits per heavy atom. The number of hydrogen-bond acceptors (Lipinski definition) is 4. The number of anilines is 1. The molecular weight excluding hydrogens is 238 g/mol. The van der Waals surface area contributed by atoms with Gasteiger partial charge in [-0.25, -0.2) is 4.79 Å². The van der Waals surface area contributed by atoms with E-state index in [0.717, 1.165) is 30.1 Å². The number of ether oxygens (including phenoxy) is 1. The second-order valence-electron chi connectivity index (χ2n) is 4.94. The van der Waals surface area contributed by atoms with Gasteiger partial charge in [0.2, 0.25) is 0 Å². The second kappa shape index (κ2) is 3.63. The van der Waals surface area contributed by atoms with Crippen molar-refractivity contribution in [1.82, 2.24) is 0 Å². The first-order valence-electron chi connectivity index (χ1n) is 5.87. The summed E-state index contributed by atoms with van der Waals surface area (Å²) in [7, 11) is 2.01. The summed E-state index contributed by atoms with van der Waals surface area (Å²) in [5, 5.41) is 9.79. The van der Waals surface area contributed by atoms with E-state index in [1.165, 1.54) is 24.2 Å². The van der Waals surface area contributed by atoms with Crippen molar-refractivity contribution in [1.29, 1.82) is 0 Å². The number of carbonyl (C=O) groups is 1. The van der Waals surface area contributed by atoms with E-state index in [-0.39, 0.29) is 5.60 Å². The molecule has 1 aliphatic heterocycles. The molecule has 5 heteroatoms. The van der Waals surface area contributed by atoms with Gasteiger partial charge >= 0.3 is 5.97 Å². The minimum Gasteiger partial charge on any atom is -0.477 e. The molecule has 0 radical (unpaired) electrons. The molecule has 0 saturated heterocycles. The summed E-state index contributed by atoms with van der Waals surface area (Å²) < 4.78 is 6.10. The molecule has 1 saturated carbocycles. The highest BCUT2D eigenvalue weighted by Crippen LogP contribution is 2.47. The van der Waals surface area contributed by atoms with E-state index >= 15 is 0 Å². The second-order valence-corrected chi connectivity index (χ2v) is 5.95. The van der Waals surface area contributed by atoms with Gasteiger partial charge in [0, 0.05) is 7.05 Å². The first-order chi connectivity index (χ1) is 8.10. The van der Waals surface area contributed by atoms with Crippen LogP contribution in [0.2, 0.25) is 0 Å². The Bertz CT molecular complexity index is 462. The van der Waals surface area contributed by atoms with E-state index in [9.17, 15) is 4.79 Å². The van der Waals surface area contributed by atoms with Crippen molar-refractivity contribution in [2.75, 3.05) is 18.5 Å². The van der Waals surface area contributed by atoms with Crippen LogP contribution in [0.3, 0.4) is 0 Å². The quantitative estimate of drug-likeness (QED) is 0.835. The van der Waals surface area contributed by atoms with Crippen LogP contribution < -0.4 is 9.64 Å². The molecule has 17 heavy (non-hydrogen) atoms. The SMILES string of the molecule is CN1CC2(CCCC2)Oc2sc(C(=O)O)cc21. The Morgan fingerprint density at radius 2 is 2.24 bits per heavy atom. The molecule has 0 bridgehead atoms. The molecule has 3 rings (SSSR count). The summed E-state index contributed by atoms with van der Waals surface area (Å²) in [5.41, 5.74) is 0.854. The number of likely N-dealkylation sites (N-methyl/N-ethyl adjacent to an activating group) is 1. The van der Waals surface area contributed by atoms with Crippen LogP contribution in [-0.4, -0.2) is 30.3 Å². The maximum absolute atomic E-state index is 11.0. The molecule has 1 spiro atoms. The Hall–Kier alpha value is -1.23. The third-order valence-corrected chi connectivity index (χ3v) is 4.64. The van der Waals surface area contributed by atoms with E-state index in [4.69, 9.17) is 9.84 Å². The van der Waals surface area contributed by atoms with Crippen molar-refractivity contribution in [3.63, 3.8) is 0 Å². The first-order valence-corrected chi connectivity index (χ1v) is 6.69. The molecule has 1 fully saturated rings. The fourth-order valence-corrected chi connectivity index (χ4v) is 3.83. The number of aromatic carboxylic acids is 1. The van der Waals surface area contributed by atoms with Crippen molar-refractivity contribution in [2.45, 2.75) is 31.3 Å². The highest BCUT2D eigenvalue weighted by atomic mass is 32.1. The number of carboxylic acid groups (broad SMARTS) is 1. The molecular formula is C12H15NO3S. The number of carboxylic acids is 1. The smallest absolute Gasteiger partial charge is 0.346 e. The number of rotatable bonds is 1. The average Bonchev–Trinajstić information content (AvgIpc) is 2.85. The van der Waals surface area contributed by atoms with Gasteiger partial charge in [-0.1, -0.05) is 11.3 Å². The van der Waals surface area contributed by atoms with E-state index < -0.39 is 5.97 Å². The fraction of sp³-hybridized carbons (Fsp3) is 0.583. The maximum Gasteiger partial charge on any atom is 0.346 e. The van der Waals surface area contributed by atoms with Crippen molar-refractivity contribution >= 4 is 23.0 Å². The number of thiophene rings is 1. The predicted molar refractivity (Wildman–Crippen MR) is 66.4 cm³/mol. The van der Waals surface area contributed by atoms with Gasteiger partial charge in [-0.2, -0.15) is 0 Å². The molecule has 1 aliphatic carbocycles. The lowest BCUT2D eigenvalue weighted by Crippen LogP contribution is -2.47. The zero-order valence-electron chi connectivity index (χ0n) is 9.73. The van der Waals surface area contributed by atoms with Crippen molar-refractivity contribution in [3.05, 3.63) is 10.9 Å². The monoisotopic (exact) mass is 253 g/mol. The Morgan fingerprint density at radius 3 is 2.88 bits per heavy atom. The molecule has 1 aromatic rings. The van der Waals surface area contributed by atoms with Crippen LogP contribution in [0.1, 0.15) is 35.4 Å². The molecule has 1 N–H and O–H groups in total. The molecule has 2 aliphatic rings. The van der Waals surface area contributed by atoms with Crippen molar-refractivity contribution in [3.8, 4) is 5.06 Å². The number of fused-ring (bicyclic) bond motifs is 1. The van der Waals surface area contributed by atoms with Gasteiger partial charge in [0.05, 0.1) is 12.2 Å². The zero-order valence-corrected chi connectivity index (χ0v) is 10.5. The van der Waals surface area contributed by atoms with Gasteiger partial charge in [-0.05, 0) is 31.7 Å². The molecule has 0 aromatic carbocycles. The van der Waals surface area contributed by atoms with Crippen LogP contribution in [0.25, 0.3) is 0 Å². The molecule has 92 valence electrons. The summed E-state index contributed by atoms with van der Waals surface area (Å²) in [4.78, 5) is 13.5. The van der Waals surface area contributed by atoms with Crippen LogP contribution in [0.5, 0.6) is 5.06 Å². The normalized spacial score (nSPS) is 21.4. The van der Waals surface area contributed by atoms with Crippen LogP contribution in [0.4, 0.5) is 5.69 Å². The third kappa shape index (κ3) is 1.69. The molecule has 1 aromatic heterocycles. The Labute approximate surface area is 104 Å². The summed E-state index contributed by atoms with van der Waals surface area (Å²) in [6, 6.07) is 1.71. The summed E-state index contributed by atoms with van der Waals surface area (Å²) in [5.74, 6) is -0.873. The zero-order chi connectivity index (χ0) is 12.0. The van der Waals surface area contributed by atoms with E-state index in [0.29, 0.717) is 4.88 Å². The van der Waals surface area contributed by atoms with Crippen LogP contribution in [-0.2, 0) is 0 Å². The largest absolute Gasteiger partial charge is 0.477 e. The summed E-state index contributed by atoms with van der Waals surface area (Å²) >= 11 is 1.24. The van der Waals surface area contributed by atoms with Gasteiger partial charge in [-0.15, -0.1) is 0 Å². The van der Waals surface area contributed by atoms with Crippen LogP contribution >= 0.6 is 11.3 Å². The standard InChI is InChI=1S/C12H15NO3S/c1-13-7-12(4-2-3-5-12)16-11-8(13)6-9(17-11)10(14)15/h6H,2-5,7H2,1H3,(H,14,15). The molecule has 2 heterocycles. The van der Waals surface area contributed by atoms with Gasteiger partial charge in [-0.3, -0.25) is 0 Å². The third-order valence-electron chi connectivity index (χ3n) is 3.65. The lowest BCUT2D eigenvalue weighted by Gasteiger charge is -2.39. The minimum absolute atomic E-state index is 0.0671. The predicted octanol–water partition coefficient (Wildman–Crippen LogP) is 2.59. The summed E-state index contributed by atoms with van der Waals surface area (Å²) in [6.07, 6.45) is 4.58. The fourth-order valence-electron chi connectivity index (χ4n) is 2.84. The van der Waals surface area contributed by atoms with Gasteiger partial charge in [0.15, 0.2) is 5.06 Å². The highest BCUT2D eigenvalue weighted by molar-refractivity contribution is 7.16. The van der Waals surface area contributed by atoms with Crippen molar-refractivity contribution < 1.29 is 14.6 Å². The Balaban J connectivity index is 1.97. The van der Waals surface area contributed by atoms with Gasteiger partial charge in [0.25, 0.3) is 0 Å². The lowest BCUT2D eigenvalue weighted by atomic mass is 10.00. The van der Waals surface area contributed by atoms with Gasteiger partial charge < -0.3 is 14.7 Å². The van der Waals surface area contributed by atoms with Crippen LogP contribution in [0, 0.1) is 0 Å². The van der Waals surface area contributed by atoms with E-state index in [2.05, 4.69) is 4.90 Å². The number of nitrogens with zero attached hydrogens (tertiary/aromatic N) is 1. The number of hydrogen-bond donors (Lipinski definition) is 1. The van der Waals surface area contributed by atoms with Crippen molar-refractivity contribution in [2.24, 2.45) is 0 Å². The average molecular weight is 253 g/mol. The van der Waals surface area contributed by atoms with E-state index in [1.54, 1.807) is 6.07 Å². The maximum atomic E-state index is 11.0. The molecule has 0 unspecified atom stereocenters. The first kappa shape index (κ1) is 10.9. The summed E-state index contributed by atoms with van der Waals surface area (Å²) in [6.45, 7) is 0.871. The highest BCUT2D eigenvalue weighted by Gasteiger charge is 2.42. The minimum atomic E-state index is -0.873. The molecule has 0 amide bonds. The topological polar surface area (TPSA) is 49.8 Å². The lowest BCUT2D eigenvalue weighted by molar-refractivity contribution is 0.0701. The molecule has 4 nitrogen and oxygen atoms in total. The van der Waals surface area contributed by atoms with E-state index in [1.807, 2.05) is 7.05 Å². The van der Waals surface area contributed by atoms with Crippen LogP contribution in [0.15, 0.2) is 6.07 Å². The van der Waals surface area contributed by atoms with Gasteiger partial charge in [0.1, 0.15) is 10.5 Å². The molecule has 0 atom stereocenters. The Kier molecular flexibility index (Phi) is 2.33.